The monoisotopic (exact) mass is 312 g/mol. The van der Waals surface area contributed by atoms with Crippen molar-refractivity contribution in [3.8, 4) is 5.75 Å². The van der Waals surface area contributed by atoms with Gasteiger partial charge in [0.1, 0.15) is 5.75 Å². The lowest BCUT2D eigenvalue weighted by Gasteiger charge is -2.21. The van der Waals surface area contributed by atoms with Crippen LogP contribution >= 0.6 is 11.6 Å². The van der Waals surface area contributed by atoms with E-state index in [0.29, 0.717) is 17.3 Å². The second-order valence-corrected chi connectivity index (χ2v) is 6.40. The van der Waals surface area contributed by atoms with Gasteiger partial charge in [-0.2, -0.15) is 0 Å². The van der Waals surface area contributed by atoms with Gasteiger partial charge < -0.3 is 15.4 Å². The summed E-state index contributed by atoms with van der Waals surface area (Å²) in [6.45, 7) is 9.46. The first-order valence-corrected chi connectivity index (χ1v) is 7.63. The second kappa shape index (κ2) is 8.25. The van der Waals surface area contributed by atoms with Crippen molar-refractivity contribution in [2.45, 2.75) is 46.2 Å². The molecule has 4 nitrogen and oxygen atoms in total. The lowest BCUT2D eigenvalue weighted by Crippen LogP contribution is -2.43. The van der Waals surface area contributed by atoms with E-state index < -0.39 is 0 Å². The highest BCUT2D eigenvalue weighted by molar-refractivity contribution is 6.32. The Morgan fingerprint density at radius 3 is 2.67 bits per heavy atom. The van der Waals surface area contributed by atoms with Crippen LogP contribution in [0.25, 0.3) is 0 Å². The summed E-state index contributed by atoms with van der Waals surface area (Å²) in [7, 11) is 0. The molecule has 0 aliphatic rings. The quantitative estimate of drug-likeness (QED) is 0.761. The van der Waals surface area contributed by atoms with Crippen molar-refractivity contribution >= 4 is 17.5 Å². The van der Waals surface area contributed by atoms with Crippen LogP contribution in [-0.2, 0) is 11.3 Å². The smallest absolute Gasteiger partial charge is 0.258 e. The number of benzene rings is 1. The van der Waals surface area contributed by atoms with E-state index in [1.807, 2.05) is 32.9 Å². The van der Waals surface area contributed by atoms with Gasteiger partial charge in [-0.3, -0.25) is 4.79 Å². The molecule has 5 heteroatoms. The summed E-state index contributed by atoms with van der Waals surface area (Å²) >= 11 is 6.17. The van der Waals surface area contributed by atoms with E-state index in [0.717, 1.165) is 18.5 Å². The Morgan fingerprint density at radius 1 is 1.33 bits per heavy atom. The number of amides is 1. The first kappa shape index (κ1) is 17.8. The van der Waals surface area contributed by atoms with E-state index in [-0.39, 0.29) is 18.1 Å². The molecule has 1 aromatic rings. The third kappa shape index (κ3) is 6.82. The van der Waals surface area contributed by atoms with Crippen molar-refractivity contribution in [3.63, 3.8) is 0 Å². The van der Waals surface area contributed by atoms with Crippen molar-refractivity contribution in [3.05, 3.63) is 28.8 Å². The Kier molecular flexibility index (Phi) is 6.99. The predicted molar refractivity (Wildman–Crippen MR) is 86.8 cm³/mol. The molecule has 0 aliphatic carbocycles. The number of hydrogen-bond donors (Lipinski definition) is 2. The first-order chi connectivity index (χ1) is 9.83. The molecule has 1 aromatic carbocycles. The molecule has 0 heterocycles. The second-order valence-electron chi connectivity index (χ2n) is 5.99. The molecule has 0 atom stereocenters. The molecule has 0 aliphatic heterocycles. The predicted octanol–water partition coefficient (Wildman–Crippen LogP) is 3.13. The zero-order chi connectivity index (χ0) is 15.9. The molecule has 1 rings (SSSR count). The van der Waals surface area contributed by atoms with Gasteiger partial charge in [-0.1, -0.05) is 30.7 Å². The summed E-state index contributed by atoms with van der Waals surface area (Å²) in [6, 6.07) is 5.60. The molecular formula is C16H25ClN2O2. The summed E-state index contributed by atoms with van der Waals surface area (Å²) in [5.74, 6) is 0.418. The largest absolute Gasteiger partial charge is 0.482 e. The van der Waals surface area contributed by atoms with Gasteiger partial charge in [-0.25, -0.2) is 0 Å². The van der Waals surface area contributed by atoms with Gasteiger partial charge in [-0.05, 0) is 39.8 Å². The van der Waals surface area contributed by atoms with Gasteiger partial charge >= 0.3 is 0 Å². The van der Waals surface area contributed by atoms with Crippen LogP contribution < -0.4 is 15.4 Å². The molecule has 0 saturated heterocycles. The van der Waals surface area contributed by atoms with Crippen molar-refractivity contribution in [2.75, 3.05) is 13.2 Å². The van der Waals surface area contributed by atoms with E-state index in [2.05, 4.69) is 17.6 Å². The minimum Gasteiger partial charge on any atom is -0.482 e. The summed E-state index contributed by atoms with van der Waals surface area (Å²) in [4.78, 5) is 11.8. The Bertz CT molecular complexity index is 470. The number of ether oxygens (including phenoxy) is 1. The maximum Gasteiger partial charge on any atom is 0.258 e. The molecule has 0 spiro atoms. The van der Waals surface area contributed by atoms with E-state index in [9.17, 15) is 4.79 Å². The zero-order valence-electron chi connectivity index (χ0n) is 13.3. The third-order valence-electron chi connectivity index (χ3n) is 2.65. The van der Waals surface area contributed by atoms with Crippen molar-refractivity contribution in [1.29, 1.82) is 0 Å². The Labute approximate surface area is 132 Å². The van der Waals surface area contributed by atoms with Crippen molar-refractivity contribution in [1.82, 2.24) is 10.6 Å². The van der Waals surface area contributed by atoms with Crippen LogP contribution in [0.15, 0.2) is 18.2 Å². The van der Waals surface area contributed by atoms with Gasteiger partial charge in [0.05, 0.1) is 5.02 Å². The highest BCUT2D eigenvalue weighted by atomic mass is 35.5. The fourth-order valence-corrected chi connectivity index (χ4v) is 2.09. The molecular weight excluding hydrogens is 288 g/mol. The van der Waals surface area contributed by atoms with Gasteiger partial charge in [0.15, 0.2) is 6.61 Å². The van der Waals surface area contributed by atoms with Crippen molar-refractivity contribution in [2.24, 2.45) is 0 Å². The molecule has 0 unspecified atom stereocenters. The van der Waals surface area contributed by atoms with Crippen LogP contribution in [0.2, 0.25) is 5.02 Å². The molecule has 0 aromatic heterocycles. The molecule has 0 bridgehead atoms. The number of rotatable bonds is 7. The summed E-state index contributed by atoms with van der Waals surface area (Å²) < 4.78 is 5.62. The fourth-order valence-electron chi connectivity index (χ4n) is 1.85. The van der Waals surface area contributed by atoms with E-state index in [1.165, 1.54) is 0 Å². The molecule has 21 heavy (non-hydrogen) atoms. The Hall–Kier alpha value is -1.26. The molecule has 0 radical (unpaired) electrons. The normalized spacial score (nSPS) is 11.3. The first-order valence-electron chi connectivity index (χ1n) is 7.25. The van der Waals surface area contributed by atoms with Crippen LogP contribution in [0.1, 0.15) is 39.7 Å². The standard InChI is InChI=1S/C16H25ClN2O2/c1-5-9-18-10-12-7-6-8-13(17)15(12)21-11-14(20)19-16(2,3)4/h6-8,18H,5,9-11H2,1-4H3,(H,19,20). The highest BCUT2D eigenvalue weighted by Crippen LogP contribution is 2.28. The number of carbonyl (C=O) groups excluding carboxylic acids is 1. The number of hydrogen-bond acceptors (Lipinski definition) is 3. The van der Waals surface area contributed by atoms with Crippen molar-refractivity contribution < 1.29 is 9.53 Å². The maximum atomic E-state index is 11.8. The lowest BCUT2D eigenvalue weighted by atomic mass is 10.1. The molecule has 2 N–H and O–H groups in total. The number of halogens is 1. The average Bonchev–Trinajstić information content (AvgIpc) is 2.36. The maximum absolute atomic E-state index is 11.8. The molecule has 1 amide bonds. The number of nitrogens with one attached hydrogen (secondary N) is 2. The molecule has 0 fully saturated rings. The fraction of sp³-hybridized carbons (Fsp3) is 0.562. The van der Waals surface area contributed by atoms with Gasteiger partial charge in [0.25, 0.3) is 5.91 Å². The molecule has 0 saturated carbocycles. The van der Waals surface area contributed by atoms with Crippen LogP contribution in [-0.4, -0.2) is 24.6 Å². The van der Waals surface area contributed by atoms with Gasteiger partial charge in [0, 0.05) is 17.6 Å². The summed E-state index contributed by atoms with van der Waals surface area (Å²) in [6.07, 6.45) is 1.06. The minimum atomic E-state index is -0.271. The van der Waals surface area contributed by atoms with Gasteiger partial charge in [0.2, 0.25) is 0 Å². The number of para-hydroxylation sites is 1. The Balaban J connectivity index is 2.66. The lowest BCUT2D eigenvalue weighted by molar-refractivity contribution is -0.124. The SMILES string of the molecule is CCCNCc1cccc(Cl)c1OCC(=O)NC(C)(C)C. The van der Waals surface area contributed by atoms with E-state index in [4.69, 9.17) is 16.3 Å². The minimum absolute atomic E-state index is 0.0399. The topological polar surface area (TPSA) is 50.4 Å². The van der Waals surface area contributed by atoms with Crippen LogP contribution in [0.3, 0.4) is 0 Å². The van der Waals surface area contributed by atoms with Gasteiger partial charge in [-0.15, -0.1) is 0 Å². The van der Waals surface area contributed by atoms with E-state index in [1.54, 1.807) is 6.07 Å². The number of carbonyl (C=O) groups is 1. The Morgan fingerprint density at radius 2 is 2.05 bits per heavy atom. The molecule has 118 valence electrons. The van der Waals surface area contributed by atoms with E-state index >= 15 is 0 Å². The zero-order valence-corrected chi connectivity index (χ0v) is 14.0. The average molecular weight is 313 g/mol. The summed E-state index contributed by atoms with van der Waals surface area (Å²) in [5.41, 5.74) is 0.686. The third-order valence-corrected chi connectivity index (χ3v) is 2.95. The van der Waals surface area contributed by atoms with Crippen LogP contribution in [0.5, 0.6) is 5.75 Å². The summed E-state index contributed by atoms with van der Waals surface area (Å²) in [5, 5.41) is 6.69. The van der Waals surface area contributed by atoms with Crippen LogP contribution in [0.4, 0.5) is 0 Å². The highest BCUT2D eigenvalue weighted by Gasteiger charge is 2.15. The van der Waals surface area contributed by atoms with Crippen LogP contribution in [0, 0.1) is 0 Å².